The van der Waals surface area contributed by atoms with Crippen molar-refractivity contribution in [3.8, 4) is 5.75 Å². The Bertz CT molecular complexity index is 834. The zero-order valence-electron chi connectivity index (χ0n) is 14.5. The van der Waals surface area contributed by atoms with Gasteiger partial charge in [-0.3, -0.25) is 9.78 Å². The second-order valence-corrected chi connectivity index (χ2v) is 5.55. The molecule has 3 aromatic rings. The highest BCUT2D eigenvalue weighted by molar-refractivity contribution is 5.94. The van der Waals surface area contributed by atoms with Crippen LogP contribution in [0.4, 0.5) is 11.5 Å². The molecule has 26 heavy (non-hydrogen) atoms. The van der Waals surface area contributed by atoms with Gasteiger partial charge in [-0.1, -0.05) is 0 Å². The molecule has 132 valence electrons. The molecule has 2 N–H and O–H groups in total. The summed E-state index contributed by atoms with van der Waals surface area (Å²) in [7, 11) is 0. The summed E-state index contributed by atoms with van der Waals surface area (Å²) in [5.74, 6) is 1.33. The molecule has 6 nitrogen and oxygen atoms in total. The fraction of sp³-hybridized carbons (Fsp3) is 0.150. The third-order valence-electron chi connectivity index (χ3n) is 3.67. The molecule has 0 radical (unpaired) electrons. The summed E-state index contributed by atoms with van der Waals surface area (Å²) < 4.78 is 5.42. The van der Waals surface area contributed by atoms with Crippen LogP contribution in [0.15, 0.2) is 67.1 Å². The lowest BCUT2D eigenvalue weighted by Gasteiger charge is -2.08. The molecule has 0 atom stereocenters. The van der Waals surface area contributed by atoms with Crippen molar-refractivity contribution in [2.24, 2.45) is 0 Å². The predicted octanol–water partition coefficient (Wildman–Crippen LogP) is 3.55. The lowest BCUT2D eigenvalue weighted by molar-refractivity contribution is 0.0950. The van der Waals surface area contributed by atoms with Gasteiger partial charge in [-0.05, 0) is 61.0 Å². The molecule has 0 saturated heterocycles. The highest BCUT2D eigenvalue weighted by atomic mass is 16.5. The van der Waals surface area contributed by atoms with Gasteiger partial charge < -0.3 is 15.4 Å². The number of hydrogen-bond donors (Lipinski definition) is 2. The number of pyridine rings is 2. The first-order valence-corrected chi connectivity index (χ1v) is 8.37. The Morgan fingerprint density at radius 2 is 1.81 bits per heavy atom. The minimum absolute atomic E-state index is 0.165. The van der Waals surface area contributed by atoms with Gasteiger partial charge in [0.25, 0.3) is 5.91 Å². The van der Waals surface area contributed by atoms with Crippen molar-refractivity contribution in [1.82, 2.24) is 15.3 Å². The van der Waals surface area contributed by atoms with Crippen LogP contribution in [0.3, 0.4) is 0 Å². The van der Waals surface area contributed by atoms with E-state index in [1.54, 1.807) is 30.7 Å². The fourth-order valence-corrected chi connectivity index (χ4v) is 2.34. The third-order valence-corrected chi connectivity index (χ3v) is 3.67. The van der Waals surface area contributed by atoms with Gasteiger partial charge in [0, 0.05) is 30.8 Å². The second-order valence-electron chi connectivity index (χ2n) is 5.55. The Labute approximate surface area is 152 Å². The van der Waals surface area contributed by atoms with E-state index in [1.165, 1.54) is 0 Å². The van der Waals surface area contributed by atoms with Gasteiger partial charge in [-0.25, -0.2) is 4.98 Å². The van der Waals surface area contributed by atoms with Crippen LogP contribution in [0, 0.1) is 0 Å². The van der Waals surface area contributed by atoms with E-state index in [0.717, 1.165) is 17.0 Å². The largest absolute Gasteiger partial charge is 0.494 e. The molecule has 0 bridgehead atoms. The maximum Gasteiger partial charge on any atom is 0.253 e. The zero-order valence-corrected chi connectivity index (χ0v) is 14.5. The predicted molar refractivity (Wildman–Crippen MR) is 101 cm³/mol. The molecular weight excluding hydrogens is 328 g/mol. The molecule has 3 rings (SSSR count). The van der Waals surface area contributed by atoms with Crippen molar-refractivity contribution < 1.29 is 9.53 Å². The number of nitrogens with zero attached hydrogens (tertiary/aromatic N) is 2. The second kappa shape index (κ2) is 8.62. The maximum atomic E-state index is 12.2. The van der Waals surface area contributed by atoms with Gasteiger partial charge in [0.2, 0.25) is 0 Å². The van der Waals surface area contributed by atoms with E-state index in [0.29, 0.717) is 24.5 Å². The zero-order chi connectivity index (χ0) is 18.2. The highest BCUT2D eigenvalue weighted by Crippen LogP contribution is 2.19. The molecule has 0 fully saturated rings. The fourth-order valence-electron chi connectivity index (χ4n) is 2.34. The molecule has 0 aliphatic heterocycles. The number of carbonyl (C=O) groups is 1. The number of nitrogens with one attached hydrogen (secondary N) is 2. The first-order chi connectivity index (χ1) is 12.7. The molecule has 0 aliphatic carbocycles. The van der Waals surface area contributed by atoms with Gasteiger partial charge in [-0.2, -0.15) is 0 Å². The number of anilines is 2. The normalized spacial score (nSPS) is 10.2. The quantitative estimate of drug-likeness (QED) is 0.683. The number of rotatable bonds is 7. The van der Waals surface area contributed by atoms with E-state index in [-0.39, 0.29) is 5.91 Å². The van der Waals surface area contributed by atoms with Gasteiger partial charge in [0.05, 0.1) is 12.2 Å². The lowest BCUT2D eigenvalue weighted by Crippen LogP contribution is -2.22. The van der Waals surface area contributed by atoms with Gasteiger partial charge in [0.1, 0.15) is 11.6 Å². The average molecular weight is 348 g/mol. The number of amides is 1. The minimum Gasteiger partial charge on any atom is -0.494 e. The standard InChI is InChI=1S/C20H20N4O2/c1-2-26-18-6-4-17(5-7-18)24-19-8-3-16(14-22-19)20(25)23-13-15-9-11-21-12-10-15/h3-12,14H,2,13H2,1H3,(H,22,24)(H,23,25). The van der Waals surface area contributed by atoms with Crippen molar-refractivity contribution in [1.29, 1.82) is 0 Å². The molecular formula is C20H20N4O2. The van der Waals surface area contributed by atoms with Crippen LogP contribution >= 0.6 is 0 Å². The van der Waals surface area contributed by atoms with Crippen molar-refractivity contribution in [2.45, 2.75) is 13.5 Å². The smallest absolute Gasteiger partial charge is 0.253 e. The highest BCUT2D eigenvalue weighted by Gasteiger charge is 2.06. The maximum absolute atomic E-state index is 12.2. The van der Waals surface area contributed by atoms with Crippen LogP contribution in [0.5, 0.6) is 5.75 Å². The lowest BCUT2D eigenvalue weighted by atomic mass is 10.2. The first-order valence-electron chi connectivity index (χ1n) is 8.37. The molecule has 2 heterocycles. The number of benzene rings is 1. The van der Waals surface area contributed by atoms with Crippen LogP contribution in [0.2, 0.25) is 0 Å². The summed E-state index contributed by atoms with van der Waals surface area (Å²) in [6.45, 7) is 3.04. The number of hydrogen-bond acceptors (Lipinski definition) is 5. The summed E-state index contributed by atoms with van der Waals surface area (Å²) in [5.41, 5.74) is 2.40. The van der Waals surface area contributed by atoms with Crippen LogP contribution in [0.25, 0.3) is 0 Å². The topological polar surface area (TPSA) is 76.1 Å². The summed E-state index contributed by atoms with van der Waals surface area (Å²) in [6.07, 6.45) is 4.95. The van der Waals surface area contributed by atoms with Gasteiger partial charge in [0.15, 0.2) is 0 Å². The number of carbonyl (C=O) groups excluding carboxylic acids is 1. The van der Waals surface area contributed by atoms with E-state index in [9.17, 15) is 4.79 Å². The molecule has 0 aliphatic rings. The molecule has 6 heteroatoms. The van der Waals surface area contributed by atoms with Crippen LogP contribution in [0.1, 0.15) is 22.8 Å². The third kappa shape index (κ3) is 4.80. The van der Waals surface area contributed by atoms with Crippen LogP contribution < -0.4 is 15.4 Å². The minimum atomic E-state index is -0.165. The Morgan fingerprint density at radius 3 is 2.46 bits per heavy atom. The van der Waals surface area contributed by atoms with Crippen molar-refractivity contribution in [2.75, 3.05) is 11.9 Å². The van der Waals surface area contributed by atoms with Crippen molar-refractivity contribution >= 4 is 17.4 Å². The SMILES string of the molecule is CCOc1ccc(Nc2ccc(C(=O)NCc3ccncc3)cn2)cc1. The van der Waals surface area contributed by atoms with E-state index in [1.807, 2.05) is 43.3 Å². The van der Waals surface area contributed by atoms with Gasteiger partial charge in [-0.15, -0.1) is 0 Å². The Hall–Kier alpha value is -3.41. The molecule has 0 spiro atoms. The monoisotopic (exact) mass is 348 g/mol. The molecule has 0 saturated carbocycles. The summed E-state index contributed by atoms with van der Waals surface area (Å²) in [6, 6.07) is 14.9. The van der Waals surface area contributed by atoms with Crippen LogP contribution in [-0.4, -0.2) is 22.5 Å². The molecule has 1 amide bonds. The molecule has 2 aromatic heterocycles. The van der Waals surface area contributed by atoms with Crippen molar-refractivity contribution in [3.63, 3.8) is 0 Å². The molecule has 0 unspecified atom stereocenters. The van der Waals surface area contributed by atoms with Crippen molar-refractivity contribution in [3.05, 3.63) is 78.2 Å². The summed E-state index contributed by atoms with van der Waals surface area (Å²) in [4.78, 5) is 20.4. The number of aromatic nitrogens is 2. The summed E-state index contributed by atoms with van der Waals surface area (Å²) in [5, 5.41) is 6.05. The van der Waals surface area contributed by atoms with Gasteiger partial charge >= 0.3 is 0 Å². The Kier molecular flexibility index (Phi) is 5.77. The van der Waals surface area contributed by atoms with E-state index >= 15 is 0 Å². The van der Waals surface area contributed by atoms with E-state index in [4.69, 9.17) is 4.74 Å². The molecule has 1 aromatic carbocycles. The first kappa shape index (κ1) is 17.4. The number of ether oxygens (including phenoxy) is 1. The van der Waals surface area contributed by atoms with Crippen LogP contribution in [-0.2, 0) is 6.54 Å². The Morgan fingerprint density at radius 1 is 1.04 bits per heavy atom. The average Bonchev–Trinajstić information content (AvgIpc) is 2.69. The Balaban J connectivity index is 1.56. The summed E-state index contributed by atoms with van der Waals surface area (Å²) >= 11 is 0. The van der Waals surface area contributed by atoms with E-state index in [2.05, 4.69) is 20.6 Å². The van der Waals surface area contributed by atoms with E-state index < -0.39 is 0 Å².